The Morgan fingerprint density at radius 3 is 2.45 bits per heavy atom. The normalized spacial score (nSPS) is 9.86. The highest BCUT2D eigenvalue weighted by Crippen LogP contribution is 2.29. The summed E-state index contributed by atoms with van der Waals surface area (Å²) in [5, 5.41) is 9.83. The third kappa shape index (κ3) is 7.67. The number of aromatic nitrogens is 1. The minimum absolute atomic E-state index is 0.281. The van der Waals surface area contributed by atoms with Gasteiger partial charge in [-0.3, -0.25) is 9.78 Å². The highest BCUT2D eigenvalue weighted by molar-refractivity contribution is 6.35. The van der Waals surface area contributed by atoms with E-state index in [9.17, 15) is 9.59 Å². The van der Waals surface area contributed by atoms with Crippen LogP contribution in [0.5, 0.6) is 11.5 Å². The number of carbonyl (C=O) groups excluding carboxylic acids is 1. The molecule has 152 valence electrons. The lowest BCUT2D eigenvalue weighted by molar-refractivity contribution is -0.141. The van der Waals surface area contributed by atoms with E-state index >= 15 is 0 Å². The summed E-state index contributed by atoms with van der Waals surface area (Å²) in [6.45, 7) is 1.67. The minimum atomic E-state index is -1.03. The maximum atomic E-state index is 10.4. The molecule has 1 aromatic heterocycles. The lowest BCUT2D eigenvalue weighted by Crippen LogP contribution is -2.09. The van der Waals surface area contributed by atoms with Crippen molar-refractivity contribution in [1.29, 1.82) is 0 Å². The van der Waals surface area contributed by atoms with Gasteiger partial charge in [-0.25, -0.2) is 4.79 Å². The second kappa shape index (κ2) is 11.5. The van der Waals surface area contributed by atoms with Crippen LogP contribution in [0.15, 0.2) is 60.8 Å². The Hall–Kier alpha value is -3.32. The van der Waals surface area contributed by atoms with Gasteiger partial charge in [0.05, 0.1) is 5.02 Å². The van der Waals surface area contributed by atoms with Gasteiger partial charge >= 0.3 is 11.9 Å². The summed E-state index contributed by atoms with van der Waals surface area (Å²) in [7, 11) is 0. The Bertz CT molecular complexity index is 948. The number of rotatable bonds is 7. The zero-order valence-electron chi connectivity index (χ0n) is 15.7. The first-order valence-corrected chi connectivity index (χ1v) is 9.04. The molecule has 0 aliphatic heterocycles. The van der Waals surface area contributed by atoms with E-state index in [0.29, 0.717) is 29.5 Å². The minimum Gasteiger partial charge on any atom is -0.490 e. The van der Waals surface area contributed by atoms with E-state index in [2.05, 4.69) is 4.98 Å². The van der Waals surface area contributed by atoms with Crippen LogP contribution in [0.1, 0.15) is 6.92 Å². The van der Waals surface area contributed by atoms with E-state index in [0.717, 1.165) is 11.1 Å². The topological polar surface area (TPSA) is 95.0 Å². The van der Waals surface area contributed by atoms with Gasteiger partial charge in [0.15, 0.2) is 6.61 Å². The van der Waals surface area contributed by atoms with Gasteiger partial charge in [-0.1, -0.05) is 29.8 Å². The third-order valence-corrected chi connectivity index (χ3v) is 3.76. The van der Waals surface area contributed by atoms with E-state index in [1.807, 2.05) is 30.3 Å². The fraction of sp³-hybridized carbons (Fsp3) is 0.190. The van der Waals surface area contributed by atoms with E-state index in [-0.39, 0.29) is 5.97 Å². The van der Waals surface area contributed by atoms with Crippen molar-refractivity contribution in [3.8, 4) is 11.5 Å². The summed E-state index contributed by atoms with van der Waals surface area (Å²) in [5.41, 5.74) is 0.566. The first-order chi connectivity index (χ1) is 14.0. The molecule has 3 rings (SSSR count). The number of carboxylic acids is 1. The van der Waals surface area contributed by atoms with Gasteiger partial charge in [0, 0.05) is 18.5 Å². The van der Waals surface area contributed by atoms with Gasteiger partial charge in [0.25, 0.3) is 0 Å². The molecule has 0 saturated heterocycles. The van der Waals surface area contributed by atoms with E-state index in [1.54, 1.807) is 30.5 Å². The van der Waals surface area contributed by atoms with Crippen LogP contribution in [-0.2, 0) is 14.3 Å². The fourth-order valence-corrected chi connectivity index (χ4v) is 2.45. The molecule has 2 aromatic carbocycles. The maximum absolute atomic E-state index is 10.4. The molecule has 0 spiro atoms. The van der Waals surface area contributed by atoms with Crippen LogP contribution >= 0.6 is 11.6 Å². The summed E-state index contributed by atoms with van der Waals surface area (Å²) in [6.07, 6.45) is 1.60. The molecule has 1 N–H and O–H groups in total. The van der Waals surface area contributed by atoms with Crippen LogP contribution in [0.25, 0.3) is 10.9 Å². The number of fused-ring (bicyclic) bond motifs is 1. The van der Waals surface area contributed by atoms with Crippen LogP contribution in [0.4, 0.5) is 0 Å². The van der Waals surface area contributed by atoms with Gasteiger partial charge in [-0.2, -0.15) is 0 Å². The van der Waals surface area contributed by atoms with E-state index < -0.39 is 12.6 Å². The summed E-state index contributed by atoms with van der Waals surface area (Å²) in [6, 6.07) is 16.2. The molecule has 1 heterocycles. The molecular formula is C21H20ClNO6. The van der Waals surface area contributed by atoms with Gasteiger partial charge in [-0.15, -0.1) is 0 Å². The Morgan fingerprint density at radius 1 is 1.00 bits per heavy atom. The second-order valence-corrected chi connectivity index (χ2v) is 6.04. The molecule has 0 amide bonds. The van der Waals surface area contributed by atoms with Crippen LogP contribution in [-0.4, -0.2) is 41.8 Å². The van der Waals surface area contributed by atoms with Crippen molar-refractivity contribution in [2.45, 2.75) is 6.92 Å². The molecular weight excluding hydrogens is 398 g/mol. The van der Waals surface area contributed by atoms with Crippen LogP contribution in [0.2, 0.25) is 5.02 Å². The highest BCUT2D eigenvalue weighted by Gasteiger charge is 2.07. The molecule has 0 bridgehead atoms. The average Bonchev–Trinajstić information content (AvgIpc) is 2.72. The number of hydrogen-bond donors (Lipinski definition) is 1. The fourth-order valence-electron chi connectivity index (χ4n) is 2.23. The van der Waals surface area contributed by atoms with Crippen LogP contribution in [0.3, 0.4) is 0 Å². The number of hydrogen-bond acceptors (Lipinski definition) is 6. The summed E-state index contributed by atoms with van der Waals surface area (Å²) >= 11 is 5.98. The zero-order valence-corrected chi connectivity index (χ0v) is 16.5. The summed E-state index contributed by atoms with van der Waals surface area (Å²) < 4.78 is 15.1. The molecule has 0 atom stereocenters. The molecule has 0 radical (unpaired) electrons. The monoisotopic (exact) mass is 417 g/mol. The number of ether oxygens (including phenoxy) is 3. The number of carbonyl (C=O) groups is 2. The van der Waals surface area contributed by atoms with Crippen molar-refractivity contribution in [1.82, 2.24) is 4.98 Å². The van der Waals surface area contributed by atoms with Gasteiger partial charge in [0.2, 0.25) is 0 Å². The summed E-state index contributed by atoms with van der Waals surface area (Å²) in [4.78, 5) is 24.9. The van der Waals surface area contributed by atoms with E-state index in [4.69, 9.17) is 30.9 Å². The van der Waals surface area contributed by atoms with Crippen LogP contribution < -0.4 is 9.47 Å². The lowest BCUT2D eigenvalue weighted by Gasteiger charge is -2.07. The molecule has 0 aliphatic carbocycles. The first kappa shape index (κ1) is 22.0. The first-order valence-electron chi connectivity index (χ1n) is 8.66. The average molecular weight is 418 g/mol. The molecule has 0 aliphatic rings. The number of esters is 1. The molecule has 0 fully saturated rings. The lowest BCUT2D eigenvalue weighted by atomic mass is 10.2. The number of nitrogens with zero attached hydrogens (tertiary/aromatic N) is 1. The van der Waals surface area contributed by atoms with E-state index in [1.165, 1.54) is 6.92 Å². The Morgan fingerprint density at radius 2 is 1.76 bits per heavy atom. The predicted octanol–water partition coefficient (Wildman–Crippen LogP) is 3.98. The number of halogens is 1. The Kier molecular flexibility index (Phi) is 8.72. The largest absolute Gasteiger partial charge is 0.490 e. The van der Waals surface area contributed by atoms with Gasteiger partial charge in [-0.05, 0) is 36.4 Å². The molecule has 0 saturated carbocycles. The predicted molar refractivity (Wildman–Crippen MR) is 108 cm³/mol. The quantitative estimate of drug-likeness (QED) is 0.459. The van der Waals surface area contributed by atoms with Crippen molar-refractivity contribution < 1.29 is 28.9 Å². The molecule has 0 unspecified atom stereocenters. The zero-order chi connectivity index (χ0) is 21.1. The molecule has 7 nitrogen and oxygen atoms in total. The highest BCUT2D eigenvalue weighted by atomic mass is 35.5. The third-order valence-electron chi connectivity index (χ3n) is 3.43. The maximum Gasteiger partial charge on any atom is 0.341 e. The number of para-hydroxylation sites is 1. The Labute approximate surface area is 172 Å². The molecule has 29 heavy (non-hydrogen) atoms. The van der Waals surface area contributed by atoms with Gasteiger partial charge < -0.3 is 19.3 Å². The standard InChI is InChI=1S/C11H8ClNO3.C10H12O3/c12-8-3-4-9(16-6-10(14)15)11-7(8)2-1-5-13-11;1-9(11)12-7-8-13-10-5-3-2-4-6-10/h1-5H,6H2,(H,14,15);2-6H,7-8H2,1H3. The smallest absolute Gasteiger partial charge is 0.341 e. The number of aliphatic carboxylic acids is 1. The number of benzene rings is 2. The number of carboxylic acid groups (broad SMARTS) is 1. The number of pyridine rings is 1. The molecule has 8 heteroatoms. The van der Waals surface area contributed by atoms with Gasteiger partial charge in [0.1, 0.15) is 30.2 Å². The van der Waals surface area contributed by atoms with Crippen molar-refractivity contribution in [3.05, 3.63) is 65.8 Å². The van der Waals surface area contributed by atoms with Crippen LogP contribution in [0, 0.1) is 0 Å². The second-order valence-electron chi connectivity index (χ2n) is 5.63. The SMILES string of the molecule is CC(=O)OCCOc1ccccc1.O=C(O)COc1ccc(Cl)c2cccnc12. The molecule has 3 aromatic rings. The van der Waals surface area contributed by atoms with Crippen molar-refractivity contribution >= 4 is 34.4 Å². The summed E-state index contributed by atoms with van der Waals surface area (Å²) in [5.74, 6) is -0.104. The van der Waals surface area contributed by atoms with Crippen molar-refractivity contribution in [2.75, 3.05) is 19.8 Å². The Balaban J connectivity index is 0.000000212. The van der Waals surface area contributed by atoms with Crippen molar-refractivity contribution in [3.63, 3.8) is 0 Å². The van der Waals surface area contributed by atoms with Crippen molar-refractivity contribution in [2.24, 2.45) is 0 Å².